The van der Waals surface area contributed by atoms with Crippen LogP contribution in [0, 0.1) is 0 Å². The van der Waals surface area contributed by atoms with Gasteiger partial charge < -0.3 is 14.5 Å². The van der Waals surface area contributed by atoms with Gasteiger partial charge >= 0.3 is 0 Å². The third kappa shape index (κ3) is 3.11. The van der Waals surface area contributed by atoms with Gasteiger partial charge in [-0.2, -0.15) is 0 Å². The van der Waals surface area contributed by atoms with Crippen LogP contribution in [0.2, 0.25) is 0 Å². The van der Waals surface area contributed by atoms with E-state index in [9.17, 15) is 0 Å². The Bertz CT molecular complexity index is 489. The lowest BCUT2D eigenvalue weighted by molar-refractivity contribution is 0.415. The summed E-state index contributed by atoms with van der Waals surface area (Å²) < 4.78 is 10.6. The lowest BCUT2D eigenvalue weighted by Gasteiger charge is -2.04. The molecule has 1 N–H and O–H groups in total. The van der Waals surface area contributed by atoms with Gasteiger partial charge in [-0.05, 0) is 24.3 Å². The first-order valence-electron chi connectivity index (χ1n) is 6.01. The monoisotopic (exact) mass is 246 g/mol. The SMILES string of the molecule is COc1ccc(-c2nc(CNC(C)C)co2)cc1. The molecule has 0 radical (unpaired) electrons. The van der Waals surface area contributed by atoms with Gasteiger partial charge in [-0.15, -0.1) is 0 Å². The van der Waals surface area contributed by atoms with Crippen molar-refractivity contribution in [2.45, 2.75) is 26.4 Å². The Morgan fingerprint density at radius 2 is 2.00 bits per heavy atom. The fraction of sp³-hybridized carbons (Fsp3) is 0.357. The molecular weight excluding hydrogens is 228 g/mol. The topological polar surface area (TPSA) is 47.3 Å². The standard InChI is InChI=1S/C14H18N2O2/c1-10(2)15-8-12-9-18-14(16-12)11-4-6-13(17-3)7-5-11/h4-7,9-10,15H,8H2,1-3H3. The normalized spacial score (nSPS) is 10.9. The Morgan fingerprint density at radius 3 is 2.61 bits per heavy atom. The Kier molecular flexibility index (Phi) is 3.99. The van der Waals surface area contributed by atoms with Crippen molar-refractivity contribution >= 4 is 0 Å². The number of nitrogens with zero attached hydrogens (tertiary/aromatic N) is 1. The fourth-order valence-corrected chi connectivity index (χ4v) is 1.56. The molecule has 0 saturated carbocycles. The van der Waals surface area contributed by atoms with Crippen LogP contribution in [0.15, 0.2) is 34.9 Å². The summed E-state index contributed by atoms with van der Waals surface area (Å²) in [6, 6.07) is 8.09. The van der Waals surface area contributed by atoms with Gasteiger partial charge in [0.15, 0.2) is 0 Å². The summed E-state index contributed by atoms with van der Waals surface area (Å²) in [4.78, 5) is 4.44. The molecule has 0 unspecified atom stereocenters. The Hall–Kier alpha value is -1.81. The molecule has 0 bridgehead atoms. The van der Waals surface area contributed by atoms with Crippen LogP contribution in [-0.4, -0.2) is 18.1 Å². The number of methoxy groups -OCH3 is 1. The molecule has 96 valence electrons. The number of ether oxygens (including phenoxy) is 1. The highest BCUT2D eigenvalue weighted by atomic mass is 16.5. The minimum atomic E-state index is 0.436. The van der Waals surface area contributed by atoms with E-state index in [0.717, 1.165) is 23.6 Å². The fourth-order valence-electron chi connectivity index (χ4n) is 1.56. The third-order valence-corrected chi connectivity index (χ3v) is 2.58. The van der Waals surface area contributed by atoms with E-state index in [1.807, 2.05) is 24.3 Å². The maximum atomic E-state index is 5.46. The van der Waals surface area contributed by atoms with Crippen molar-refractivity contribution in [3.63, 3.8) is 0 Å². The molecule has 1 aromatic heterocycles. The second-order valence-corrected chi connectivity index (χ2v) is 4.41. The predicted molar refractivity (Wildman–Crippen MR) is 70.5 cm³/mol. The number of nitrogens with one attached hydrogen (secondary N) is 1. The van der Waals surface area contributed by atoms with E-state index < -0.39 is 0 Å². The molecule has 2 aromatic rings. The van der Waals surface area contributed by atoms with Crippen LogP contribution in [0.1, 0.15) is 19.5 Å². The van der Waals surface area contributed by atoms with E-state index in [0.29, 0.717) is 11.9 Å². The van der Waals surface area contributed by atoms with Gasteiger partial charge in [0.05, 0.1) is 12.8 Å². The summed E-state index contributed by atoms with van der Waals surface area (Å²) >= 11 is 0. The molecule has 0 aliphatic rings. The van der Waals surface area contributed by atoms with E-state index in [-0.39, 0.29) is 0 Å². The predicted octanol–water partition coefficient (Wildman–Crippen LogP) is 2.85. The van der Waals surface area contributed by atoms with E-state index in [4.69, 9.17) is 9.15 Å². The lowest BCUT2D eigenvalue weighted by atomic mass is 10.2. The average Bonchev–Trinajstić information content (AvgIpc) is 2.85. The Morgan fingerprint density at radius 1 is 1.28 bits per heavy atom. The van der Waals surface area contributed by atoms with Crippen LogP contribution in [-0.2, 0) is 6.54 Å². The molecule has 4 nitrogen and oxygen atoms in total. The van der Waals surface area contributed by atoms with Crippen LogP contribution in [0.5, 0.6) is 5.75 Å². The van der Waals surface area contributed by atoms with E-state index >= 15 is 0 Å². The second-order valence-electron chi connectivity index (χ2n) is 4.41. The molecule has 0 amide bonds. The molecule has 1 heterocycles. The summed E-state index contributed by atoms with van der Waals surface area (Å²) in [5, 5.41) is 3.30. The summed E-state index contributed by atoms with van der Waals surface area (Å²) in [5.41, 5.74) is 1.86. The maximum Gasteiger partial charge on any atom is 0.226 e. The van der Waals surface area contributed by atoms with Crippen molar-refractivity contribution in [1.82, 2.24) is 10.3 Å². The van der Waals surface area contributed by atoms with Gasteiger partial charge in [0, 0.05) is 18.2 Å². The van der Waals surface area contributed by atoms with Crippen molar-refractivity contribution < 1.29 is 9.15 Å². The van der Waals surface area contributed by atoms with Gasteiger partial charge in [-0.25, -0.2) is 4.98 Å². The van der Waals surface area contributed by atoms with Gasteiger partial charge in [-0.3, -0.25) is 0 Å². The molecule has 2 rings (SSSR count). The van der Waals surface area contributed by atoms with Crippen molar-refractivity contribution in [2.24, 2.45) is 0 Å². The Balaban J connectivity index is 2.08. The molecule has 4 heteroatoms. The average molecular weight is 246 g/mol. The molecule has 18 heavy (non-hydrogen) atoms. The van der Waals surface area contributed by atoms with Crippen molar-refractivity contribution in [3.8, 4) is 17.2 Å². The zero-order valence-electron chi connectivity index (χ0n) is 10.9. The highest BCUT2D eigenvalue weighted by molar-refractivity contribution is 5.54. The first-order chi connectivity index (χ1) is 8.69. The van der Waals surface area contributed by atoms with Crippen molar-refractivity contribution in [1.29, 1.82) is 0 Å². The molecule has 0 spiro atoms. The zero-order valence-corrected chi connectivity index (χ0v) is 10.9. The second kappa shape index (κ2) is 5.69. The van der Waals surface area contributed by atoms with Gasteiger partial charge in [0.25, 0.3) is 0 Å². The first kappa shape index (κ1) is 12.6. The molecule has 0 aliphatic heterocycles. The van der Waals surface area contributed by atoms with E-state index in [2.05, 4.69) is 24.1 Å². The maximum absolute atomic E-state index is 5.46. The van der Waals surface area contributed by atoms with Crippen LogP contribution < -0.4 is 10.1 Å². The molecule has 0 saturated heterocycles. The van der Waals surface area contributed by atoms with Crippen LogP contribution >= 0.6 is 0 Å². The minimum Gasteiger partial charge on any atom is -0.497 e. The Labute approximate surface area is 107 Å². The van der Waals surface area contributed by atoms with Gasteiger partial charge in [0.2, 0.25) is 5.89 Å². The highest BCUT2D eigenvalue weighted by Crippen LogP contribution is 2.21. The van der Waals surface area contributed by atoms with E-state index in [1.54, 1.807) is 13.4 Å². The van der Waals surface area contributed by atoms with Crippen molar-refractivity contribution in [3.05, 3.63) is 36.2 Å². The molecule has 0 fully saturated rings. The van der Waals surface area contributed by atoms with Gasteiger partial charge in [-0.1, -0.05) is 13.8 Å². The number of oxazole rings is 1. The van der Waals surface area contributed by atoms with Gasteiger partial charge in [0.1, 0.15) is 12.0 Å². The first-order valence-corrected chi connectivity index (χ1v) is 6.01. The highest BCUT2D eigenvalue weighted by Gasteiger charge is 2.07. The summed E-state index contributed by atoms with van der Waals surface area (Å²) in [5.74, 6) is 1.46. The van der Waals surface area contributed by atoms with E-state index in [1.165, 1.54) is 0 Å². The van der Waals surface area contributed by atoms with Crippen LogP contribution in [0.4, 0.5) is 0 Å². The molecule has 1 aromatic carbocycles. The van der Waals surface area contributed by atoms with Crippen LogP contribution in [0.3, 0.4) is 0 Å². The third-order valence-electron chi connectivity index (χ3n) is 2.58. The zero-order chi connectivity index (χ0) is 13.0. The number of rotatable bonds is 5. The minimum absolute atomic E-state index is 0.436. The summed E-state index contributed by atoms with van der Waals surface area (Å²) in [6.07, 6.45) is 1.69. The number of aromatic nitrogens is 1. The smallest absolute Gasteiger partial charge is 0.226 e. The lowest BCUT2D eigenvalue weighted by Crippen LogP contribution is -2.21. The largest absolute Gasteiger partial charge is 0.497 e. The molecule has 0 aliphatic carbocycles. The number of benzene rings is 1. The van der Waals surface area contributed by atoms with Crippen molar-refractivity contribution in [2.75, 3.05) is 7.11 Å². The summed E-state index contributed by atoms with van der Waals surface area (Å²) in [7, 11) is 1.65. The molecular formula is C14H18N2O2. The van der Waals surface area contributed by atoms with Crippen LogP contribution in [0.25, 0.3) is 11.5 Å². The number of hydrogen-bond acceptors (Lipinski definition) is 4. The summed E-state index contributed by atoms with van der Waals surface area (Å²) in [6.45, 7) is 4.92. The number of hydrogen-bond donors (Lipinski definition) is 1. The quantitative estimate of drug-likeness (QED) is 0.881. The molecule has 0 atom stereocenters.